The first-order valence-electron chi connectivity index (χ1n) is 6.30. The second-order valence-corrected chi connectivity index (χ2v) is 4.73. The highest BCUT2D eigenvalue weighted by Crippen LogP contribution is 2.18. The monoisotopic (exact) mass is 240 g/mol. The predicted octanol–water partition coefficient (Wildman–Crippen LogP) is 2.18. The molecule has 2 atom stereocenters. The summed E-state index contributed by atoms with van der Waals surface area (Å²) in [6.45, 7) is 6.58. The highest BCUT2D eigenvalue weighted by atomic mass is 16.5. The van der Waals surface area contributed by atoms with Gasteiger partial charge in [-0.05, 0) is 25.8 Å². The van der Waals surface area contributed by atoms with E-state index in [2.05, 4.69) is 18.9 Å². The standard InChI is InChI=1S/C13H24N2O2/c1-5-11(3)15-8-7-12(14-15)9-13(16,6-2)10-17-4/h7-8,11,16H,5-6,9-10H2,1-4H3. The Morgan fingerprint density at radius 1 is 1.53 bits per heavy atom. The van der Waals surface area contributed by atoms with Crippen LogP contribution in [-0.2, 0) is 11.2 Å². The molecule has 17 heavy (non-hydrogen) atoms. The van der Waals surface area contributed by atoms with Gasteiger partial charge in [-0.3, -0.25) is 4.68 Å². The Morgan fingerprint density at radius 2 is 2.24 bits per heavy atom. The summed E-state index contributed by atoms with van der Waals surface area (Å²) >= 11 is 0. The molecular formula is C13H24N2O2. The van der Waals surface area contributed by atoms with Crippen molar-refractivity contribution >= 4 is 0 Å². The van der Waals surface area contributed by atoms with Gasteiger partial charge in [0.2, 0.25) is 0 Å². The summed E-state index contributed by atoms with van der Waals surface area (Å²) in [6, 6.07) is 2.38. The van der Waals surface area contributed by atoms with Crippen LogP contribution < -0.4 is 0 Å². The summed E-state index contributed by atoms with van der Waals surface area (Å²) in [4.78, 5) is 0. The first-order valence-corrected chi connectivity index (χ1v) is 6.30. The van der Waals surface area contributed by atoms with Gasteiger partial charge in [-0.2, -0.15) is 5.10 Å². The Balaban J connectivity index is 2.70. The lowest BCUT2D eigenvalue weighted by molar-refractivity contribution is -0.0340. The lowest BCUT2D eigenvalue weighted by Gasteiger charge is -2.24. The third kappa shape index (κ3) is 3.82. The maximum absolute atomic E-state index is 10.3. The maximum atomic E-state index is 10.3. The minimum atomic E-state index is -0.802. The van der Waals surface area contributed by atoms with Gasteiger partial charge in [-0.25, -0.2) is 0 Å². The van der Waals surface area contributed by atoms with Crippen LogP contribution in [0.4, 0.5) is 0 Å². The largest absolute Gasteiger partial charge is 0.387 e. The predicted molar refractivity (Wildman–Crippen MR) is 68.0 cm³/mol. The number of nitrogens with zero attached hydrogens (tertiary/aromatic N) is 2. The number of methoxy groups -OCH3 is 1. The molecule has 0 aliphatic heterocycles. The van der Waals surface area contributed by atoms with Crippen molar-refractivity contribution in [3.8, 4) is 0 Å². The van der Waals surface area contributed by atoms with E-state index >= 15 is 0 Å². The van der Waals surface area contributed by atoms with Gasteiger partial charge in [0.05, 0.1) is 17.9 Å². The molecule has 4 heteroatoms. The van der Waals surface area contributed by atoms with Crippen LogP contribution in [0.5, 0.6) is 0 Å². The zero-order valence-corrected chi connectivity index (χ0v) is 11.3. The molecule has 1 aromatic rings. The van der Waals surface area contributed by atoms with Gasteiger partial charge in [0.1, 0.15) is 0 Å². The molecule has 1 N–H and O–H groups in total. The Labute approximate surface area is 104 Å². The average Bonchev–Trinajstić information content (AvgIpc) is 2.76. The summed E-state index contributed by atoms with van der Waals surface area (Å²) in [5.41, 5.74) is 0.121. The molecule has 0 radical (unpaired) electrons. The van der Waals surface area contributed by atoms with Crippen molar-refractivity contribution < 1.29 is 9.84 Å². The van der Waals surface area contributed by atoms with Crippen LogP contribution >= 0.6 is 0 Å². The summed E-state index contributed by atoms with van der Waals surface area (Å²) in [5, 5.41) is 14.8. The molecule has 0 saturated heterocycles. The van der Waals surface area contributed by atoms with E-state index in [1.165, 1.54) is 0 Å². The molecule has 0 spiro atoms. The van der Waals surface area contributed by atoms with Crippen molar-refractivity contribution in [2.24, 2.45) is 0 Å². The highest BCUT2D eigenvalue weighted by Gasteiger charge is 2.26. The van der Waals surface area contributed by atoms with E-state index < -0.39 is 5.60 Å². The van der Waals surface area contributed by atoms with Gasteiger partial charge in [0, 0.05) is 25.8 Å². The molecule has 0 fully saturated rings. The smallest absolute Gasteiger partial charge is 0.0933 e. The Kier molecular flexibility index (Phi) is 5.15. The van der Waals surface area contributed by atoms with Crippen molar-refractivity contribution in [2.75, 3.05) is 13.7 Å². The SMILES string of the molecule is CCC(C)n1ccc(CC(O)(CC)COC)n1. The first kappa shape index (κ1) is 14.2. The van der Waals surface area contributed by atoms with Crippen LogP contribution in [0.15, 0.2) is 12.3 Å². The van der Waals surface area contributed by atoms with E-state index in [0.29, 0.717) is 25.5 Å². The molecule has 1 rings (SSSR count). The molecule has 0 aromatic carbocycles. The fourth-order valence-electron chi connectivity index (χ4n) is 1.79. The van der Waals surface area contributed by atoms with Crippen LogP contribution in [0, 0.1) is 0 Å². The molecule has 0 aliphatic rings. The maximum Gasteiger partial charge on any atom is 0.0933 e. The summed E-state index contributed by atoms with van der Waals surface area (Å²) < 4.78 is 7.02. The topological polar surface area (TPSA) is 47.3 Å². The van der Waals surface area contributed by atoms with Crippen molar-refractivity contribution in [3.05, 3.63) is 18.0 Å². The number of aliphatic hydroxyl groups is 1. The van der Waals surface area contributed by atoms with Gasteiger partial charge in [-0.15, -0.1) is 0 Å². The number of hydrogen-bond acceptors (Lipinski definition) is 3. The fraction of sp³-hybridized carbons (Fsp3) is 0.769. The number of ether oxygens (including phenoxy) is 1. The van der Waals surface area contributed by atoms with Crippen LogP contribution in [-0.4, -0.2) is 34.2 Å². The van der Waals surface area contributed by atoms with Gasteiger partial charge in [-0.1, -0.05) is 13.8 Å². The van der Waals surface area contributed by atoms with Crippen LogP contribution in [0.1, 0.15) is 45.3 Å². The highest BCUT2D eigenvalue weighted by molar-refractivity contribution is 5.04. The summed E-state index contributed by atoms with van der Waals surface area (Å²) in [7, 11) is 1.61. The van der Waals surface area contributed by atoms with Crippen molar-refractivity contribution in [2.45, 2.75) is 51.7 Å². The van der Waals surface area contributed by atoms with Crippen molar-refractivity contribution in [3.63, 3.8) is 0 Å². The van der Waals surface area contributed by atoms with Crippen molar-refractivity contribution in [1.82, 2.24) is 9.78 Å². The third-order valence-corrected chi connectivity index (χ3v) is 3.29. The summed E-state index contributed by atoms with van der Waals surface area (Å²) in [5.74, 6) is 0. The van der Waals surface area contributed by atoms with Crippen LogP contribution in [0.25, 0.3) is 0 Å². The van der Waals surface area contributed by atoms with E-state index in [1.54, 1.807) is 7.11 Å². The normalized spacial score (nSPS) is 16.8. The Morgan fingerprint density at radius 3 is 2.76 bits per heavy atom. The van der Waals surface area contributed by atoms with Crippen molar-refractivity contribution in [1.29, 1.82) is 0 Å². The van der Waals surface area contributed by atoms with Crippen LogP contribution in [0.2, 0.25) is 0 Å². The molecule has 1 aromatic heterocycles. The van der Waals surface area contributed by atoms with E-state index in [1.807, 2.05) is 23.9 Å². The molecule has 0 aliphatic carbocycles. The van der Waals surface area contributed by atoms with Gasteiger partial charge < -0.3 is 9.84 Å². The van der Waals surface area contributed by atoms with E-state index in [-0.39, 0.29) is 0 Å². The minimum Gasteiger partial charge on any atom is -0.387 e. The lowest BCUT2D eigenvalue weighted by atomic mass is 9.96. The van der Waals surface area contributed by atoms with Crippen LogP contribution in [0.3, 0.4) is 0 Å². The molecular weight excluding hydrogens is 216 g/mol. The number of hydrogen-bond donors (Lipinski definition) is 1. The molecule has 0 bridgehead atoms. The van der Waals surface area contributed by atoms with Gasteiger partial charge >= 0.3 is 0 Å². The zero-order valence-electron chi connectivity index (χ0n) is 11.3. The molecule has 0 saturated carbocycles. The quantitative estimate of drug-likeness (QED) is 0.794. The molecule has 2 unspecified atom stereocenters. The Hall–Kier alpha value is -0.870. The molecule has 1 heterocycles. The summed E-state index contributed by atoms with van der Waals surface area (Å²) in [6.07, 6.45) is 4.24. The average molecular weight is 240 g/mol. The lowest BCUT2D eigenvalue weighted by Crippen LogP contribution is -2.36. The zero-order chi connectivity index (χ0) is 12.9. The van der Waals surface area contributed by atoms with E-state index in [9.17, 15) is 5.11 Å². The molecule has 0 amide bonds. The van der Waals surface area contributed by atoms with E-state index in [0.717, 1.165) is 12.1 Å². The Bertz CT molecular complexity index is 338. The number of rotatable bonds is 7. The molecule has 98 valence electrons. The first-order chi connectivity index (χ1) is 8.04. The third-order valence-electron chi connectivity index (χ3n) is 3.29. The molecule has 4 nitrogen and oxygen atoms in total. The van der Waals surface area contributed by atoms with Gasteiger partial charge in [0.25, 0.3) is 0 Å². The fourth-order valence-corrected chi connectivity index (χ4v) is 1.79. The number of aromatic nitrogens is 2. The van der Waals surface area contributed by atoms with Gasteiger partial charge in [0.15, 0.2) is 0 Å². The minimum absolute atomic E-state index is 0.347. The second-order valence-electron chi connectivity index (χ2n) is 4.73. The van der Waals surface area contributed by atoms with E-state index in [4.69, 9.17) is 4.74 Å². The second kappa shape index (κ2) is 6.17.